The number of hydrogen-bond acceptors (Lipinski definition) is 4. The fraction of sp³-hybridized carbons (Fsp3) is 0.545. The molecule has 1 unspecified atom stereocenters. The number of nitrogen functional groups attached to an aromatic ring is 1. The van der Waals surface area contributed by atoms with Gasteiger partial charge < -0.3 is 15.8 Å². The van der Waals surface area contributed by atoms with E-state index >= 15 is 0 Å². The van der Waals surface area contributed by atoms with E-state index in [9.17, 15) is 0 Å². The maximum absolute atomic E-state index is 5.64. The fourth-order valence-electron chi connectivity index (χ4n) is 1.78. The summed E-state index contributed by atoms with van der Waals surface area (Å²) in [7, 11) is 0. The summed E-state index contributed by atoms with van der Waals surface area (Å²) in [5.41, 5.74) is 7.32. The average molecular weight is 207 g/mol. The maximum Gasteiger partial charge on any atom is 0.0547 e. The molecule has 0 radical (unpaired) electrons. The molecule has 1 atom stereocenters. The molecular formula is C11H17N3O. The van der Waals surface area contributed by atoms with E-state index in [-0.39, 0.29) is 0 Å². The summed E-state index contributed by atoms with van der Waals surface area (Å²) in [5.74, 6) is 0.611. The minimum Gasteiger partial charge on any atom is -0.397 e. The van der Waals surface area contributed by atoms with Crippen LogP contribution < -0.4 is 11.1 Å². The number of aromatic nitrogens is 1. The highest BCUT2D eigenvalue weighted by Gasteiger charge is 2.13. The Morgan fingerprint density at radius 1 is 1.53 bits per heavy atom. The Bertz CT molecular complexity index is 310. The van der Waals surface area contributed by atoms with E-state index in [1.165, 1.54) is 12.8 Å². The lowest BCUT2D eigenvalue weighted by Gasteiger charge is -2.22. The summed E-state index contributed by atoms with van der Waals surface area (Å²) < 4.78 is 5.41. The van der Waals surface area contributed by atoms with E-state index in [0.29, 0.717) is 11.6 Å². The molecule has 1 saturated heterocycles. The van der Waals surface area contributed by atoms with Crippen LogP contribution in [0.2, 0.25) is 0 Å². The first kappa shape index (κ1) is 10.2. The first-order valence-electron chi connectivity index (χ1n) is 5.37. The van der Waals surface area contributed by atoms with Crippen molar-refractivity contribution in [2.75, 3.05) is 30.8 Å². The first-order chi connectivity index (χ1) is 7.34. The molecular weight excluding hydrogens is 190 g/mol. The third-order valence-corrected chi connectivity index (χ3v) is 2.61. The van der Waals surface area contributed by atoms with E-state index < -0.39 is 0 Å². The van der Waals surface area contributed by atoms with Gasteiger partial charge in [0.25, 0.3) is 0 Å². The summed E-state index contributed by atoms with van der Waals surface area (Å²) in [4.78, 5) is 4.03. The van der Waals surface area contributed by atoms with E-state index in [1.807, 2.05) is 6.07 Å². The van der Waals surface area contributed by atoms with E-state index in [1.54, 1.807) is 12.4 Å². The standard InChI is InChI=1S/C11H17N3O/c12-10-4-11(7-13-6-10)14-5-9-2-1-3-15-8-9/h4,6-7,9,14H,1-3,5,8,12H2. The topological polar surface area (TPSA) is 60.2 Å². The molecule has 15 heavy (non-hydrogen) atoms. The maximum atomic E-state index is 5.64. The van der Waals surface area contributed by atoms with Crippen LogP contribution >= 0.6 is 0 Å². The molecule has 0 aliphatic carbocycles. The number of ether oxygens (including phenoxy) is 1. The molecule has 0 amide bonds. The van der Waals surface area contributed by atoms with Crippen molar-refractivity contribution in [3.05, 3.63) is 18.5 Å². The fourth-order valence-corrected chi connectivity index (χ4v) is 1.78. The summed E-state index contributed by atoms with van der Waals surface area (Å²) in [6, 6.07) is 1.90. The van der Waals surface area contributed by atoms with Gasteiger partial charge in [-0.1, -0.05) is 0 Å². The number of anilines is 2. The van der Waals surface area contributed by atoms with Gasteiger partial charge in [-0.2, -0.15) is 0 Å². The van der Waals surface area contributed by atoms with Crippen molar-refractivity contribution in [3.8, 4) is 0 Å². The molecule has 0 aromatic carbocycles. The third kappa shape index (κ3) is 3.09. The zero-order chi connectivity index (χ0) is 10.5. The minimum atomic E-state index is 0.611. The number of nitrogens with zero attached hydrogens (tertiary/aromatic N) is 1. The molecule has 82 valence electrons. The van der Waals surface area contributed by atoms with E-state index in [2.05, 4.69) is 10.3 Å². The Morgan fingerprint density at radius 3 is 3.20 bits per heavy atom. The average Bonchev–Trinajstić information content (AvgIpc) is 2.28. The van der Waals surface area contributed by atoms with Crippen molar-refractivity contribution < 1.29 is 4.74 Å². The number of hydrogen-bond donors (Lipinski definition) is 2. The molecule has 2 rings (SSSR count). The normalized spacial score (nSPS) is 21.2. The van der Waals surface area contributed by atoms with Gasteiger partial charge in [-0.15, -0.1) is 0 Å². The lowest BCUT2D eigenvalue weighted by atomic mass is 10.0. The monoisotopic (exact) mass is 207 g/mol. The second-order valence-electron chi connectivity index (χ2n) is 3.97. The van der Waals surface area contributed by atoms with E-state index in [0.717, 1.165) is 25.4 Å². The molecule has 1 aliphatic rings. The molecule has 0 saturated carbocycles. The predicted molar refractivity (Wildman–Crippen MR) is 60.7 cm³/mol. The van der Waals surface area contributed by atoms with Gasteiger partial charge in [-0.3, -0.25) is 4.98 Å². The van der Waals surface area contributed by atoms with Crippen LogP contribution in [0.4, 0.5) is 11.4 Å². The lowest BCUT2D eigenvalue weighted by Crippen LogP contribution is -2.24. The third-order valence-electron chi connectivity index (χ3n) is 2.61. The number of rotatable bonds is 3. The van der Waals surface area contributed by atoms with Gasteiger partial charge in [0.15, 0.2) is 0 Å². The minimum absolute atomic E-state index is 0.611. The van der Waals surface area contributed by atoms with Crippen LogP contribution in [0.3, 0.4) is 0 Å². The van der Waals surface area contributed by atoms with E-state index in [4.69, 9.17) is 10.5 Å². The zero-order valence-corrected chi connectivity index (χ0v) is 8.78. The van der Waals surface area contributed by atoms with Gasteiger partial charge in [0.2, 0.25) is 0 Å². The SMILES string of the molecule is Nc1cncc(NCC2CCCOC2)c1. The van der Waals surface area contributed by atoms with Crippen LogP contribution in [0.25, 0.3) is 0 Å². The highest BCUT2D eigenvalue weighted by Crippen LogP contribution is 2.15. The molecule has 3 N–H and O–H groups in total. The Labute approximate surface area is 89.8 Å². The molecule has 1 aromatic rings. The van der Waals surface area contributed by atoms with Gasteiger partial charge in [0.1, 0.15) is 0 Å². The van der Waals surface area contributed by atoms with Crippen molar-refractivity contribution in [2.45, 2.75) is 12.8 Å². The summed E-state index contributed by atoms with van der Waals surface area (Å²) in [5, 5.41) is 3.33. The summed E-state index contributed by atoms with van der Waals surface area (Å²) in [6.07, 6.45) is 5.85. The number of nitrogens with one attached hydrogen (secondary N) is 1. The zero-order valence-electron chi connectivity index (χ0n) is 8.78. The molecule has 1 aromatic heterocycles. The van der Waals surface area contributed by atoms with Gasteiger partial charge in [0, 0.05) is 19.3 Å². The Kier molecular flexibility index (Phi) is 3.40. The second kappa shape index (κ2) is 4.98. The largest absolute Gasteiger partial charge is 0.397 e. The first-order valence-corrected chi connectivity index (χ1v) is 5.37. The van der Waals surface area contributed by atoms with Crippen molar-refractivity contribution in [2.24, 2.45) is 5.92 Å². The van der Waals surface area contributed by atoms with Crippen LogP contribution in [-0.4, -0.2) is 24.7 Å². The lowest BCUT2D eigenvalue weighted by molar-refractivity contribution is 0.0595. The summed E-state index contributed by atoms with van der Waals surface area (Å²) in [6.45, 7) is 2.71. The molecule has 0 spiro atoms. The smallest absolute Gasteiger partial charge is 0.0547 e. The van der Waals surface area contributed by atoms with Crippen molar-refractivity contribution in [1.82, 2.24) is 4.98 Å². The van der Waals surface area contributed by atoms with Crippen LogP contribution in [0.5, 0.6) is 0 Å². The molecule has 4 nitrogen and oxygen atoms in total. The number of pyridine rings is 1. The van der Waals surface area contributed by atoms with Gasteiger partial charge in [-0.25, -0.2) is 0 Å². The molecule has 0 bridgehead atoms. The van der Waals surface area contributed by atoms with Crippen LogP contribution in [0.15, 0.2) is 18.5 Å². The Morgan fingerprint density at radius 2 is 2.47 bits per heavy atom. The van der Waals surface area contributed by atoms with Gasteiger partial charge in [-0.05, 0) is 24.8 Å². The highest BCUT2D eigenvalue weighted by atomic mass is 16.5. The van der Waals surface area contributed by atoms with Crippen LogP contribution in [0.1, 0.15) is 12.8 Å². The summed E-state index contributed by atoms with van der Waals surface area (Å²) >= 11 is 0. The molecule has 4 heteroatoms. The predicted octanol–water partition coefficient (Wildman–Crippen LogP) is 1.50. The van der Waals surface area contributed by atoms with Crippen LogP contribution in [-0.2, 0) is 4.74 Å². The van der Waals surface area contributed by atoms with Gasteiger partial charge >= 0.3 is 0 Å². The number of nitrogens with two attached hydrogens (primary N) is 1. The van der Waals surface area contributed by atoms with Crippen molar-refractivity contribution in [3.63, 3.8) is 0 Å². The van der Waals surface area contributed by atoms with Gasteiger partial charge in [0.05, 0.1) is 24.2 Å². The second-order valence-corrected chi connectivity index (χ2v) is 3.97. The van der Waals surface area contributed by atoms with Crippen molar-refractivity contribution >= 4 is 11.4 Å². The van der Waals surface area contributed by atoms with Crippen molar-refractivity contribution in [1.29, 1.82) is 0 Å². The quantitative estimate of drug-likeness (QED) is 0.788. The molecule has 1 fully saturated rings. The molecule has 1 aliphatic heterocycles. The Balaban J connectivity index is 1.81. The van der Waals surface area contributed by atoms with Crippen LogP contribution in [0, 0.1) is 5.92 Å². The Hall–Kier alpha value is -1.29. The molecule has 2 heterocycles. The highest BCUT2D eigenvalue weighted by molar-refractivity contribution is 5.51.